The summed E-state index contributed by atoms with van der Waals surface area (Å²) in [5.41, 5.74) is 5.19. The van der Waals surface area contributed by atoms with Gasteiger partial charge < -0.3 is 0 Å². The van der Waals surface area contributed by atoms with Crippen LogP contribution in [0.5, 0.6) is 0 Å². The first-order valence-corrected chi connectivity index (χ1v) is 10.6. The minimum Gasteiger partial charge on any atom is -0.242 e. The molecule has 0 aromatic carbocycles. The Balaban J connectivity index is 0.000000221. The fraction of sp³-hybridized carbons (Fsp3) is 0.360. The molecule has 0 atom stereocenters. The number of aryl methyl sites for hydroxylation is 9. The van der Waals surface area contributed by atoms with E-state index in [4.69, 9.17) is 0 Å². The summed E-state index contributed by atoms with van der Waals surface area (Å²) in [6, 6.07) is 7.61. The van der Waals surface area contributed by atoms with Crippen LogP contribution < -0.4 is 0 Å². The monoisotopic (exact) mass is 446 g/mol. The second-order valence-corrected chi connectivity index (χ2v) is 7.44. The second-order valence-electron chi connectivity index (χ2n) is 7.44. The summed E-state index contributed by atoms with van der Waals surface area (Å²) >= 11 is 0. The van der Waals surface area contributed by atoms with Crippen LogP contribution in [0.25, 0.3) is 0 Å². The smallest absolute Gasteiger partial charge is 0.125 e. The summed E-state index contributed by atoms with van der Waals surface area (Å²) in [6.07, 6.45) is 5.21. The fourth-order valence-electron chi connectivity index (χ4n) is 2.75. The van der Waals surface area contributed by atoms with E-state index in [1.807, 2.05) is 80.5 Å². The van der Waals surface area contributed by atoms with Gasteiger partial charge in [0.25, 0.3) is 0 Å². The number of nitrogens with zero attached hydrogens (tertiary/aromatic N) is 8. The Labute approximate surface area is 197 Å². The highest BCUT2D eigenvalue weighted by Gasteiger charge is 1.91. The number of hydrogen-bond acceptors (Lipinski definition) is 8. The van der Waals surface area contributed by atoms with Crippen molar-refractivity contribution >= 4 is 0 Å². The zero-order valence-electron chi connectivity index (χ0n) is 21.1. The van der Waals surface area contributed by atoms with E-state index in [2.05, 4.69) is 39.9 Å². The van der Waals surface area contributed by atoms with Crippen LogP contribution in [-0.4, -0.2) is 39.9 Å². The third kappa shape index (κ3) is 13.4. The molecule has 4 heterocycles. The first-order valence-electron chi connectivity index (χ1n) is 10.6. The molecule has 0 fully saturated rings. The van der Waals surface area contributed by atoms with Crippen LogP contribution in [0.4, 0.5) is 0 Å². The van der Waals surface area contributed by atoms with Crippen molar-refractivity contribution in [3.05, 3.63) is 94.6 Å². The van der Waals surface area contributed by atoms with E-state index in [9.17, 15) is 0 Å². The molecule has 0 aliphatic carbocycles. The molecule has 0 spiro atoms. The molecular formula is C25H34N8. The van der Waals surface area contributed by atoms with Gasteiger partial charge in [-0.15, -0.1) is 0 Å². The van der Waals surface area contributed by atoms with Crippen LogP contribution in [0.2, 0.25) is 0 Å². The van der Waals surface area contributed by atoms with E-state index in [0.29, 0.717) is 0 Å². The maximum absolute atomic E-state index is 4.12. The topological polar surface area (TPSA) is 103 Å². The molecular weight excluding hydrogens is 412 g/mol. The molecule has 0 saturated carbocycles. The lowest BCUT2D eigenvalue weighted by molar-refractivity contribution is 0.975. The van der Waals surface area contributed by atoms with Crippen LogP contribution in [-0.2, 0) is 0 Å². The predicted octanol–water partition coefficient (Wildman–Crippen LogP) is 4.68. The largest absolute Gasteiger partial charge is 0.242 e. The van der Waals surface area contributed by atoms with Crippen LogP contribution in [0.3, 0.4) is 0 Å². The highest BCUT2D eigenvalue weighted by Crippen LogP contribution is 1.97. The van der Waals surface area contributed by atoms with Crippen LogP contribution >= 0.6 is 0 Å². The van der Waals surface area contributed by atoms with E-state index >= 15 is 0 Å². The molecule has 33 heavy (non-hydrogen) atoms. The molecule has 0 bridgehead atoms. The SMILES string of the molecule is Cc1cc(C)nc(C)n1.Cc1cc(C)nc(C)n1.Cc1ccnc(C)n1.Cc1ncccn1. The molecule has 4 aromatic heterocycles. The minimum atomic E-state index is 0.822. The third-order valence-corrected chi connectivity index (χ3v) is 3.80. The summed E-state index contributed by atoms with van der Waals surface area (Å²) in [5.74, 6) is 3.37. The molecule has 0 saturated heterocycles. The van der Waals surface area contributed by atoms with E-state index in [1.54, 1.807) is 24.7 Å². The van der Waals surface area contributed by atoms with E-state index in [0.717, 1.165) is 51.8 Å². The van der Waals surface area contributed by atoms with Gasteiger partial charge in [0.2, 0.25) is 0 Å². The molecule has 4 rings (SSSR count). The Kier molecular flexibility index (Phi) is 11.9. The number of aromatic nitrogens is 8. The molecule has 4 aromatic rings. The lowest BCUT2D eigenvalue weighted by Crippen LogP contribution is -1.91. The average Bonchev–Trinajstić information content (AvgIpc) is 2.67. The summed E-state index contributed by atoms with van der Waals surface area (Å²) in [7, 11) is 0. The normalized spacial score (nSPS) is 9.36. The van der Waals surface area contributed by atoms with Gasteiger partial charge in [0, 0.05) is 47.1 Å². The fourth-order valence-corrected chi connectivity index (χ4v) is 2.75. The zero-order chi connectivity index (χ0) is 24.8. The maximum atomic E-state index is 4.12. The van der Waals surface area contributed by atoms with Gasteiger partial charge in [0.15, 0.2) is 0 Å². The molecule has 0 aliphatic heterocycles. The van der Waals surface area contributed by atoms with Crippen molar-refractivity contribution in [1.82, 2.24) is 39.9 Å². The Bertz CT molecular complexity index is 947. The molecule has 0 aliphatic rings. The van der Waals surface area contributed by atoms with Crippen LogP contribution in [0.1, 0.15) is 51.8 Å². The van der Waals surface area contributed by atoms with E-state index in [1.165, 1.54) is 0 Å². The van der Waals surface area contributed by atoms with Crippen molar-refractivity contribution in [3.8, 4) is 0 Å². The Morgan fingerprint density at radius 3 is 1.00 bits per heavy atom. The van der Waals surface area contributed by atoms with Crippen molar-refractivity contribution in [2.24, 2.45) is 0 Å². The molecule has 0 unspecified atom stereocenters. The quantitative estimate of drug-likeness (QED) is 0.383. The minimum absolute atomic E-state index is 0.822. The highest BCUT2D eigenvalue weighted by atomic mass is 14.9. The predicted molar refractivity (Wildman–Crippen MR) is 131 cm³/mol. The molecule has 8 heteroatoms. The maximum Gasteiger partial charge on any atom is 0.125 e. The van der Waals surface area contributed by atoms with E-state index < -0.39 is 0 Å². The van der Waals surface area contributed by atoms with Gasteiger partial charge in [-0.1, -0.05) is 0 Å². The third-order valence-electron chi connectivity index (χ3n) is 3.80. The molecule has 8 nitrogen and oxygen atoms in total. The van der Waals surface area contributed by atoms with Crippen molar-refractivity contribution in [2.45, 2.75) is 62.3 Å². The summed E-state index contributed by atoms with van der Waals surface area (Å²) in [4.78, 5) is 32.2. The second kappa shape index (κ2) is 14.4. The first kappa shape index (κ1) is 27.4. The first-order chi connectivity index (χ1) is 15.5. The number of hydrogen-bond donors (Lipinski definition) is 0. The van der Waals surface area contributed by atoms with Gasteiger partial charge in [0.05, 0.1) is 0 Å². The van der Waals surface area contributed by atoms with Crippen molar-refractivity contribution < 1.29 is 0 Å². The standard InChI is InChI=1S/2C7H10N2.C6H8N2.C5H6N2/c2*1-5-4-6(2)9-7(3)8-5;1-5-3-4-7-6(2)8-5;1-5-6-3-2-4-7-5/h2*4H,1-3H3;3-4H,1-2H3;2-4H,1H3. The van der Waals surface area contributed by atoms with Gasteiger partial charge >= 0.3 is 0 Å². The van der Waals surface area contributed by atoms with Crippen molar-refractivity contribution in [1.29, 1.82) is 0 Å². The lowest BCUT2D eigenvalue weighted by atomic mass is 10.3. The van der Waals surface area contributed by atoms with Gasteiger partial charge in [0.1, 0.15) is 23.3 Å². The highest BCUT2D eigenvalue weighted by molar-refractivity contribution is 5.07. The van der Waals surface area contributed by atoms with Gasteiger partial charge in [-0.05, 0) is 86.6 Å². The van der Waals surface area contributed by atoms with Crippen LogP contribution in [0, 0.1) is 62.3 Å². The molecule has 0 radical (unpaired) electrons. The zero-order valence-corrected chi connectivity index (χ0v) is 21.1. The summed E-state index contributed by atoms with van der Waals surface area (Å²) in [6.45, 7) is 17.4. The van der Waals surface area contributed by atoms with Gasteiger partial charge in [-0.2, -0.15) is 0 Å². The van der Waals surface area contributed by atoms with Crippen LogP contribution in [0.15, 0.2) is 42.9 Å². The Morgan fingerprint density at radius 2 is 0.758 bits per heavy atom. The molecule has 0 N–H and O–H groups in total. The average molecular weight is 447 g/mol. The molecule has 0 amide bonds. The number of rotatable bonds is 0. The van der Waals surface area contributed by atoms with Gasteiger partial charge in [-0.3, -0.25) is 0 Å². The molecule has 174 valence electrons. The lowest BCUT2D eigenvalue weighted by Gasteiger charge is -1.95. The Morgan fingerprint density at radius 1 is 0.394 bits per heavy atom. The van der Waals surface area contributed by atoms with Crippen molar-refractivity contribution in [3.63, 3.8) is 0 Å². The van der Waals surface area contributed by atoms with Crippen molar-refractivity contribution in [2.75, 3.05) is 0 Å². The Hall–Kier alpha value is -3.68. The summed E-state index contributed by atoms with van der Waals surface area (Å²) < 4.78 is 0. The van der Waals surface area contributed by atoms with E-state index in [-0.39, 0.29) is 0 Å². The summed E-state index contributed by atoms with van der Waals surface area (Å²) in [5, 5.41) is 0. The van der Waals surface area contributed by atoms with Gasteiger partial charge in [-0.25, -0.2) is 39.9 Å².